The second kappa shape index (κ2) is 5.96. The van der Waals surface area contributed by atoms with Gasteiger partial charge in [0.05, 0.1) is 11.3 Å². The molecule has 2 rings (SSSR count). The SMILES string of the molecule is Cc1cccc(C(=O)Nc2ccc(N=C(N)N)cc2)c1O. The number of phenolic OH excluding ortho intramolecular Hbond substituents is 1. The van der Waals surface area contributed by atoms with Crippen molar-refractivity contribution in [2.75, 3.05) is 5.32 Å². The van der Waals surface area contributed by atoms with E-state index in [-0.39, 0.29) is 23.2 Å². The highest BCUT2D eigenvalue weighted by atomic mass is 16.3. The number of hydrogen-bond acceptors (Lipinski definition) is 3. The van der Waals surface area contributed by atoms with E-state index in [2.05, 4.69) is 10.3 Å². The number of carbonyl (C=O) groups excluding carboxylic acids is 1. The number of anilines is 1. The minimum atomic E-state index is -0.384. The Balaban J connectivity index is 2.16. The number of rotatable bonds is 3. The Hall–Kier alpha value is -3.02. The Kier molecular flexibility index (Phi) is 4.08. The lowest BCUT2D eigenvalue weighted by Gasteiger charge is -2.08. The number of phenols is 1. The molecule has 0 heterocycles. The summed E-state index contributed by atoms with van der Waals surface area (Å²) in [4.78, 5) is 16.0. The average Bonchev–Trinajstić information content (AvgIpc) is 2.43. The molecule has 6 N–H and O–H groups in total. The summed E-state index contributed by atoms with van der Waals surface area (Å²) < 4.78 is 0. The summed E-state index contributed by atoms with van der Waals surface area (Å²) in [7, 11) is 0. The molecule has 0 atom stereocenters. The fourth-order valence-electron chi connectivity index (χ4n) is 1.81. The zero-order chi connectivity index (χ0) is 15.4. The molecule has 1 amide bonds. The van der Waals surface area contributed by atoms with Gasteiger partial charge in [-0.3, -0.25) is 4.79 Å². The van der Waals surface area contributed by atoms with Gasteiger partial charge in [-0.1, -0.05) is 12.1 Å². The number of nitrogens with two attached hydrogens (primary N) is 2. The Bertz CT molecular complexity index is 689. The van der Waals surface area contributed by atoms with E-state index in [1.165, 1.54) is 0 Å². The van der Waals surface area contributed by atoms with Crippen molar-refractivity contribution in [1.29, 1.82) is 0 Å². The Morgan fingerprint density at radius 3 is 2.43 bits per heavy atom. The number of guanidine groups is 1. The van der Waals surface area contributed by atoms with Crippen molar-refractivity contribution in [3.8, 4) is 5.75 Å². The van der Waals surface area contributed by atoms with Gasteiger partial charge in [0.15, 0.2) is 5.96 Å². The predicted molar refractivity (Wildman–Crippen MR) is 82.7 cm³/mol. The lowest BCUT2D eigenvalue weighted by Crippen LogP contribution is -2.21. The molecule has 6 nitrogen and oxygen atoms in total. The van der Waals surface area contributed by atoms with Crippen molar-refractivity contribution >= 4 is 23.2 Å². The highest BCUT2D eigenvalue weighted by molar-refractivity contribution is 6.06. The number of para-hydroxylation sites is 1. The zero-order valence-electron chi connectivity index (χ0n) is 11.5. The highest BCUT2D eigenvalue weighted by Crippen LogP contribution is 2.23. The molecule has 0 fully saturated rings. The minimum absolute atomic E-state index is 0.0212. The van der Waals surface area contributed by atoms with Crippen LogP contribution in [0.4, 0.5) is 11.4 Å². The maximum atomic E-state index is 12.1. The summed E-state index contributed by atoms with van der Waals surface area (Å²) in [6.45, 7) is 1.73. The van der Waals surface area contributed by atoms with Gasteiger partial charge in [-0.25, -0.2) is 4.99 Å². The maximum Gasteiger partial charge on any atom is 0.259 e. The molecule has 0 aliphatic heterocycles. The van der Waals surface area contributed by atoms with Crippen molar-refractivity contribution in [1.82, 2.24) is 0 Å². The molecule has 0 spiro atoms. The number of benzene rings is 2. The van der Waals surface area contributed by atoms with Crippen molar-refractivity contribution in [2.45, 2.75) is 6.92 Å². The summed E-state index contributed by atoms with van der Waals surface area (Å²) in [6, 6.07) is 11.7. The predicted octanol–water partition coefficient (Wildman–Crippen LogP) is 1.86. The van der Waals surface area contributed by atoms with Crippen LogP contribution in [0.2, 0.25) is 0 Å². The van der Waals surface area contributed by atoms with Gasteiger partial charge in [-0.15, -0.1) is 0 Å². The summed E-state index contributed by atoms with van der Waals surface area (Å²) >= 11 is 0. The Morgan fingerprint density at radius 1 is 1.14 bits per heavy atom. The van der Waals surface area contributed by atoms with Gasteiger partial charge in [0, 0.05) is 5.69 Å². The number of nitrogens with one attached hydrogen (secondary N) is 1. The number of nitrogens with zero attached hydrogens (tertiary/aromatic N) is 1. The van der Waals surface area contributed by atoms with Crippen LogP contribution in [0.3, 0.4) is 0 Å². The van der Waals surface area contributed by atoms with Gasteiger partial charge in [0.2, 0.25) is 0 Å². The topological polar surface area (TPSA) is 114 Å². The molecule has 108 valence electrons. The van der Waals surface area contributed by atoms with E-state index in [0.717, 1.165) is 0 Å². The van der Waals surface area contributed by atoms with Crippen LogP contribution in [-0.2, 0) is 0 Å². The van der Waals surface area contributed by atoms with Gasteiger partial charge in [0.1, 0.15) is 5.75 Å². The Morgan fingerprint density at radius 2 is 1.81 bits per heavy atom. The van der Waals surface area contributed by atoms with Gasteiger partial charge in [-0.2, -0.15) is 0 Å². The number of aliphatic imine (C=N–C) groups is 1. The number of aryl methyl sites for hydroxylation is 1. The first-order valence-corrected chi connectivity index (χ1v) is 6.27. The third kappa shape index (κ3) is 3.50. The van der Waals surface area contributed by atoms with E-state index in [0.29, 0.717) is 16.9 Å². The fraction of sp³-hybridized carbons (Fsp3) is 0.0667. The number of hydrogen-bond donors (Lipinski definition) is 4. The van der Waals surface area contributed by atoms with Crippen LogP contribution in [0.5, 0.6) is 5.75 Å². The molecule has 0 saturated heterocycles. The fourth-order valence-corrected chi connectivity index (χ4v) is 1.81. The van der Waals surface area contributed by atoms with Crippen LogP contribution in [0.1, 0.15) is 15.9 Å². The zero-order valence-corrected chi connectivity index (χ0v) is 11.5. The molecule has 0 unspecified atom stereocenters. The summed E-state index contributed by atoms with van der Waals surface area (Å²) in [6.07, 6.45) is 0. The first-order valence-electron chi connectivity index (χ1n) is 6.27. The molecule has 0 aromatic heterocycles. The first kappa shape index (κ1) is 14.4. The summed E-state index contributed by atoms with van der Waals surface area (Å²) in [5, 5.41) is 12.6. The number of aromatic hydroxyl groups is 1. The third-order valence-electron chi connectivity index (χ3n) is 2.87. The minimum Gasteiger partial charge on any atom is -0.507 e. The quantitative estimate of drug-likeness (QED) is 0.508. The van der Waals surface area contributed by atoms with Crippen molar-refractivity contribution in [3.05, 3.63) is 53.6 Å². The Labute approximate surface area is 122 Å². The highest BCUT2D eigenvalue weighted by Gasteiger charge is 2.12. The number of carbonyl (C=O) groups is 1. The van der Waals surface area contributed by atoms with Gasteiger partial charge in [-0.05, 0) is 42.8 Å². The van der Waals surface area contributed by atoms with E-state index < -0.39 is 0 Å². The van der Waals surface area contributed by atoms with Crippen LogP contribution >= 0.6 is 0 Å². The molecule has 0 radical (unpaired) electrons. The normalized spacial score (nSPS) is 9.95. The molecule has 0 aliphatic rings. The third-order valence-corrected chi connectivity index (χ3v) is 2.87. The second-order valence-corrected chi connectivity index (χ2v) is 4.51. The van der Waals surface area contributed by atoms with Crippen LogP contribution in [0.15, 0.2) is 47.5 Å². The van der Waals surface area contributed by atoms with Crippen LogP contribution in [0, 0.1) is 6.92 Å². The van der Waals surface area contributed by atoms with E-state index in [1.54, 1.807) is 49.4 Å². The molecular formula is C15H16N4O2. The van der Waals surface area contributed by atoms with E-state index in [9.17, 15) is 9.90 Å². The molecule has 0 aliphatic carbocycles. The monoisotopic (exact) mass is 284 g/mol. The van der Waals surface area contributed by atoms with E-state index in [1.807, 2.05) is 0 Å². The molecular weight excluding hydrogens is 268 g/mol. The first-order chi connectivity index (χ1) is 9.97. The molecule has 2 aromatic carbocycles. The van der Waals surface area contributed by atoms with E-state index in [4.69, 9.17) is 11.5 Å². The van der Waals surface area contributed by atoms with Crippen molar-refractivity contribution in [2.24, 2.45) is 16.5 Å². The molecule has 2 aromatic rings. The van der Waals surface area contributed by atoms with Crippen LogP contribution < -0.4 is 16.8 Å². The molecule has 6 heteroatoms. The van der Waals surface area contributed by atoms with Crippen molar-refractivity contribution in [3.63, 3.8) is 0 Å². The van der Waals surface area contributed by atoms with Gasteiger partial charge < -0.3 is 21.9 Å². The summed E-state index contributed by atoms with van der Waals surface area (Å²) in [5.41, 5.74) is 12.6. The molecule has 21 heavy (non-hydrogen) atoms. The standard InChI is InChI=1S/C15H16N4O2/c1-9-3-2-4-12(13(9)20)14(21)18-10-5-7-11(8-6-10)19-15(16)17/h2-8,20H,1H3,(H,18,21)(H4,16,17,19). The largest absolute Gasteiger partial charge is 0.507 e. The number of amides is 1. The molecule has 0 saturated carbocycles. The van der Waals surface area contributed by atoms with Crippen LogP contribution in [-0.4, -0.2) is 17.0 Å². The van der Waals surface area contributed by atoms with E-state index >= 15 is 0 Å². The van der Waals surface area contributed by atoms with Gasteiger partial charge >= 0.3 is 0 Å². The lowest BCUT2D eigenvalue weighted by atomic mass is 10.1. The average molecular weight is 284 g/mol. The lowest BCUT2D eigenvalue weighted by molar-refractivity contribution is 0.102. The smallest absolute Gasteiger partial charge is 0.259 e. The maximum absolute atomic E-state index is 12.1. The van der Waals surface area contributed by atoms with Crippen molar-refractivity contribution < 1.29 is 9.90 Å². The van der Waals surface area contributed by atoms with Crippen LogP contribution in [0.25, 0.3) is 0 Å². The van der Waals surface area contributed by atoms with Gasteiger partial charge in [0.25, 0.3) is 5.91 Å². The molecule has 0 bridgehead atoms. The second-order valence-electron chi connectivity index (χ2n) is 4.51. The summed E-state index contributed by atoms with van der Waals surface area (Å²) in [5.74, 6) is -0.436.